The Morgan fingerprint density at radius 3 is 2.65 bits per heavy atom. The number of aromatic carboxylic acids is 1. The molecular weight excluding hydrogens is 228 g/mol. The van der Waals surface area contributed by atoms with E-state index in [0.29, 0.717) is 0 Å². The van der Waals surface area contributed by atoms with Crippen LogP contribution in [0, 0.1) is 0 Å². The summed E-state index contributed by atoms with van der Waals surface area (Å²) in [6.45, 7) is 1.45. The molecule has 2 atom stereocenters. The Kier molecular flexibility index (Phi) is 2.51. The molecule has 17 heavy (non-hydrogen) atoms. The summed E-state index contributed by atoms with van der Waals surface area (Å²) in [5.41, 5.74) is -0.592. The van der Waals surface area contributed by atoms with Crippen LogP contribution >= 0.6 is 0 Å². The number of rotatable bonds is 1. The topological polar surface area (TPSA) is 104 Å². The second-order valence-electron chi connectivity index (χ2n) is 3.78. The molecule has 2 rings (SSSR count). The van der Waals surface area contributed by atoms with Gasteiger partial charge in [0.05, 0.1) is 5.56 Å². The normalized spacial score (nSPS) is 22.8. The Morgan fingerprint density at radius 2 is 2.06 bits per heavy atom. The van der Waals surface area contributed by atoms with Crippen molar-refractivity contribution >= 4 is 11.9 Å². The molecule has 0 bridgehead atoms. The van der Waals surface area contributed by atoms with Crippen LogP contribution in [-0.2, 0) is 4.74 Å². The minimum Gasteiger partial charge on any atom is -0.507 e. The zero-order valence-electron chi connectivity index (χ0n) is 8.88. The number of cyclic esters (lactones) is 1. The van der Waals surface area contributed by atoms with E-state index in [4.69, 9.17) is 9.84 Å². The molecule has 0 aromatic heterocycles. The SMILES string of the molecule is C[C@H]1OC(=O)c2ccc(O)c(C(=O)O)c2[C@H]1O. The lowest BCUT2D eigenvalue weighted by atomic mass is 9.91. The van der Waals surface area contributed by atoms with Gasteiger partial charge in [-0.15, -0.1) is 0 Å². The van der Waals surface area contributed by atoms with Crippen LogP contribution in [0.3, 0.4) is 0 Å². The third-order valence-electron chi connectivity index (χ3n) is 2.69. The van der Waals surface area contributed by atoms with E-state index in [1.54, 1.807) is 0 Å². The van der Waals surface area contributed by atoms with E-state index < -0.39 is 35.5 Å². The Labute approximate surface area is 96.1 Å². The number of carbonyl (C=O) groups excluding carboxylic acids is 1. The van der Waals surface area contributed by atoms with E-state index >= 15 is 0 Å². The fraction of sp³-hybridized carbons (Fsp3) is 0.273. The van der Waals surface area contributed by atoms with E-state index in [0.717, 1.165) is 6.07 Å². The van der Waals surface area contributed by atoms with Crippen LogP contribution in [0.1, 0.15) is 39.3 Å². The Balaban J connectivity index is 2.75. The highest BCUT2D eigenvalue weighted by atomic mass is 16.6. The summed E-state index contributed by atoms with van der Waals surface area (Å²) in [5.74, 6) is -2.60. The van der Waals surface area contributed by atoms with Gasteiger partial charge in [-0.05, 0) is 19.1 Å². The number of benzene rings is 1. The first kappa shape index (κ1) is 11.4. The number of carbonyl (C=O) groups is 2. The average molecular weight is 238 g/mol. The predicted molar refractivity (Wildman–Crippen MR) is 54.9 cm³/mol. The summed E-state index contributed by atoms with van der Waals surface area (Å²) in [6, 6.07) is 2.32. The fourth-order valence-electron chi connectivity index (χ4n) is 1.85. The quantitative estimate of drug-likeness (QED) is 0.621. The van der Waals surface area contributed by atoms with Crippen molar-refractivity contribution in [2.45, 2.75) is 19.1 Å². The molecule has 0 radical (unpaired) electrons. The third kappa shape index (κ3) is 1.62. The molecule has 1 aromatic carbocycles. The molecule has 0 saturated heterocycles. The van der Waals surface area contributed by atoms with Crippen molar-refractivity contribution in [2.24, 2.45) is 0 Å². The number of hydrogen-bond acceptors (Lipinski definition) is 5. The van der Waals surface area contributed by atoms with Crippen molar-refractivity contribution in [1.29, 1.82) is 0 Å². The Hall–Kier alpha value is -2.08. The van der Waals surface area contributed by atoms with Crippen LogP contribution in [0.25, 0.3) is 0 Å². The van der Waals surface area contributed by atoms with E-state index in [2.05, 4.69) is 0 Å². The van der Waals surface area contributed by atoms with Crippen LogP contribution < -0.4 is 0 Å². The molecule has 3 N–H and O–H groups in total. The second-order valence-corrected chi connectivity index (χ2v) is 3.78. The van der Waals surface area contributed by atoms with Crippen LogP contribution in [0.4, 0.5) is 0 Å². The number of carboxylic acid groups (broad SMARTS) is 1. The highest BCUT2D eigenvalue weighted by molar-refractivity contribution is 6.00. The minimum atomic E-state index is -1.40. The number of ether oxygens (including phenoxy) is 1. The van der Waals surface area contributed by atoms with Crippen LogP contribution in [0.2, 0.25) is 0 Å². The molecule has 0 saturated carbocycles. The molecule has 0 unspecified atom stereocenters. The first-order valence-corrected chi connectivity index (χ1v) is 4.91. The Bertz CT molecular complexity index is 507. The van der Waals surface area contributed by atoms with Gasteiger partial charge >= 0.3 is 11.9 Å². The first-order valence-electron chi connectivity index (χ1n) is 4.91. The molecule has 0 spiro atoms. The molecule has 0 aliphatic carbocycles. The number of aromatic hydroxyl groups is 1. The lowest BCUT2D eigenvalue weighted by molar-refractivity contribution is -0.0216. The summed E-state index contributed by atoms with van der Waals surface area (Å²) < 4.78 is 4.84. The summed E-state index contributed by atoms with van der Waals surface area (Å²) in [5, 5.41) is 28.3. The van der Waals surface area contributed by atoms with Gasteiger partial charge in [-0.3, -0.25) is 0 Å². The summed E-state index contributed by atoms with van der Waals surface area (Å²) in [4.78, 5) is 22.5. The fourth-order valence-corrected chi connectivity index (χ4v) is 1.85. The average Bonchev–Trinajstić information content (AvgIpc) is 2.24. The van der Waals surface area contributed by atoms with Gasteiger partial charge in [0.1, 0.15) is 23.5 Å². The van der Waals surface area contributed by atoms with Crippen molar-refractivity contribution in [1.82, 2.24) is 0 Å². The van der Waals surface area contributed by atoms with E-state index in [1.165, 1.54) is 13.0 Å². The van der Waals surface area contributed by atoms with Gasteiger partial charge < -0.3 is 20.1 Å². The number of carboxylic acids is 1. The third-order valence-corrected chi connectivity index (χ3v) is 2.69. The smallest absolute Gasteiger partial charge is 0.339 e. The maximum Gasteiger partial charge on any atom is 0.339 e. The van der Waals surface area contributed by atoms with Gasteiger partial charge in [0.2, 0.25) is 0 Å². The number of aliphatic hydroxyl groups excluding tert-OH is 1. The van der Waals surface area contributed by atoms with Crippen molar-refractivity contribution in [3.8, 4) is 5.75 Å². The summed E-state index contributed by atoms with van der Waals surface area (Å²) in [6.07, 6.45) is -2.12. The summed E-state index contributed by atoms with van der Waals surface area (Å²) >= 11 is 0. The molecular formula is C11H10O6. The minimum absolute atomic E-state index is 0.0363. The van der Waals surface area contributed by atoms with E-state index in [1.807, 2.05) is 0 Å². The largest absolute Gasteiger partial charge is 0.507 e. The zero-order valence-corrected chi connectivity index (χ0v) is 8.88. The molecule has 0 fully saturated rings. The molecule has 1 heterocycles. The van der Waals surface area contributed by atoms with Crippen molar-refractivity contribution in [3.05, 3.63) is 28.8 Å². The number of esters is 1. The molecule has 1 aromatic rings. The van der Waals surface area contributed by atoms with E-state index in [9.17, 15) is 19.8 Å². The van der Waals surface area contributed by atoms with Crippen molar-refractivity contribution in [2.75, 3.05) is 0 Å². The number of fused-ring (bicyclic) bond motifs is 1. The molecule has 6 heteroatoms. The van der Waals surface area contributed by atoms with Gasteiger partial charge in [0.15, 0.2) is 0 Å². The first-order chi connectivity index (χ1) is 7.93. The maximum atomic E-state index is 11.5. The number of hydrogen-bond donors (Lipinski definition) is 3. The Morgan fingerprint density at radius 1 is 1.41 bits per heavy atom. The highest BCUT2D eigenvalue weighted by Gasteiger charge is 2.36. The van der Waals surface area contributed by atoms with Gasteiger partial charge in [-0.1, -0.05) is 0 Å². The predicted octanol–water partition coefficient (Wildman–Crippen LogP) is 0.683. The molecule has 0 amide bonds. The van der Waals surface area contributed by atoms with Gasteiger partial charge in [0.25, 0.3) is 0 Å². The monoisotopic (exact) mass is 238 g/mol. The molecule has 90 valence electrons. The molecule has 1 aliphatic rings. The van der Waals surface area contributed by atoms with Gasteiger partial charge in [-0.2, -0.15) is 0 Å². The maximum absolute atomic E-state index is 11.5. The van der Waals surface area contributed by atoms with Crippen molar-refractivity contribution in [3.63, 3.8) is 0 Å². The van der Waals surface area contributed by atoms with Gasteiger partial charge in [0, 0.05) is 5.56 Å². The number of aliphatic hydroxyl groups is 1. The van der Waals surface area contributed by atoms with Crippen LogP contribution in [0.5, 0.6) is 5.75 Å². The lowest BCUT2D eigenvalue weighted by Gasteiger charge is -2.28. The second kappa shape index (κ2) is 3.74. The van der Waals surface area contributed by atoms with Crippen LogP contribution in [-0.4, -0.2) is 33.4 Å². The molecule has 1 aliphatic heterocycles. The molecule has 6 nitrogen and oxygen atoms in total. The van der Waals surface area contributed by atoms with Crippen LogP contribution in [0.15, 0.2) is 12.1 Å². The number of phenols is 1. The lowest BCUT2D eigenvalue weighted by Crippen LogP contribution is -2.31. The van der Waals surface area contributed by atoms with Crippen molar-refractivity contribution < 1.29 is 29.6 Å². The standard InChI is InChI=1S/C11H10O6/c1-4-9(13)7-5(11(16)17-4)2-3-6(12)8(7)10(14)15/h2-4,9,12-13H,1H3,(H,14,15)/t4-,9+/m1/s1. The van der Waals surface area contributed by atoms with E-state index in [-0.39, 0.29) is 11.1 Å². The zero-order chi connectivity index (χ0) is 12.7. The highest BCUT2D eigenvalue weighted by Crippen LogP contribution is 2.36. The van der Waals surface area contributed by atoms with Gasteiger partial charge in [-0.25, -0.2) is 9.59 Å². The summed E-state index contributed by atoms with van der Waals surface area (Å²) in [7, 11) is 0.